The zero-order valence-corrected chi connectivity index (χ0v) is 10.8. The van der Waals surface area contributed by atoms with Gasteiger partial charge in [0.1, 0.15) is 0 Å². The van der Waals surface area contributed by atoms with Crippen LogP contribution >= 0.6 is 0 Å². The second-order valence-corrected chi connectivity index (χ2v) is 4.65. The number of aliphatic hydroxyl groups excluding tert-OH is 1. The molecule has 0 aliphatic carbocycles. The average Bonchev–Trinajstić information content (AvgIpc) is 2.41. The number of hydrogen-bond donors (Lipinski definition) is 1. The van der Waals surface area contributed by atoms with Gasteiger partial charge in [0.25, 0.3) is 0 Å². The van der Waals surface area contributed by atoms with Crippen molar-refractivity contribution in [3.8, 4) is 0 Å². The highest BCUT2D eigenvalue weighted by atomic mass is 16.5. The summed E-state index contributed by atoms with van der Waals surface area (Å²) in [5.41, 5.74) is 0.431. The van der Waals surface area contributed by atoms with Crippen molar-refractivity contribution >= 4 is 0 Å². The molecule has 0 saturated carbocycles. The zero-order valence-electron chi connectivity index (χ0n) is 10.8. The second-order valence-electron chi connectivity index (χ2n) is 4.65. The molecule has 1 N–H and O–H groups in total. The molecule has 0 aromatic carbocycles. The second kappa shape index (κ2) is 6.27. The average molecular weight is 251 g/mol. The van der Waals surface area contributed by atoms with Crippen molar-refractivity contribution in [3.63, 3.8) is 0 Å². The first-order valence-electron chi connectivity index (χ1n) is 6.56. The standard InChI is InChI=1S/C14H21NO3/c1-2-18-14(6-9-17-10-7-14)13(16)11-12-5-3-4-8-15-12/h3-5,8,13,16H,2,6-7,9-11H2,1H3. The van der Waals surface area contributed by atoms with E-state index in [1.807, 2.05) is 25.1 Å². The van der Waals surface area contributed by atoms with Crippen molar-refractivity contribution in [3.05, 3.63) is 30.1 Å². The fourth-order valence-corrected chi connectivity index (χ4v) is 2.48. The molecule has 4 heteroatoms. The number of aliphatic hydroxyl groups is 1. The molecule has 1 aliphatic heterocycles. The topological polar surface area (TPSA) is 51.6 Å². The number of aromatic nitrogens is 1. The Balaban J connectivity index is 2.05. The summed E-state index contributed by atoms with van der Waals surface area (Å²) in [4.78, 5) is 4.26. The Morgan fingerprint density at radius 3 is 2.83 bits per heavy atom. The van der Waals surface area contributed by atoms with Crippen LogP contribution < -0.4 is 0 Å². The lowest BCUT2D eigenvalue weighted by atomic mass is 9.85. The molecule has 18 heavy (non-hydrogen) atoms. The molecule has 1 aromatic rings. The summed E-state index contributed by atoms with van der Waals surface area (Å²) >= 11 is 0. The minimum absolute atomic E-state index is 0.468. The number of nitrogens with zero attached hydrogens (tertiary/aromatic N) is 1. The van der Waals surface area contributed by atoms with E-state index in [-0.39, 0.29) is 0 Å². The number of pyridine rings is 1. The minimum atomic E-state index is -0.531. The lowest BCUT2D eigenvalue weighted by molar-refractivity contribution is -0.165. The molecule has 1 atom stereocenters. The van der Waals surface area contributed by atoms with Gasteiger partial charge in [-0.3, -0.25) is 4.98 Å². The van der Waals surface area contributed by atoms with Crippen LogP contribution in [-0.4, -0.2) is 41.6 Å². The van der Waals surface area contributed by atoms with Crippen LogP contribution in [0.15, 0.2) is 24.4 Å². The predicted octanol–water partition coefficient (Wildman–Crippen LogP) is 1.57. The van der Waals surface area contributed by atoms with Gasteiger partial charge in [-0.1, -0.05) is 6.07 Å². The first-order chi connectivity index (χ1) is 8.77. The predicted molar refractivity (Wildman–Crippen MR) is 68.4 cm³/mol. The molecule has 1 unspecified atom stereocenters. The van der Waals surface area contributed by atoms with Gasteiger partial charge in [-0.05, 0) is 19.1 Å². The summed E-state index contributed by atoms with van der Waals surface area (Å²) in [6.45, 7) is 3.88. The first kappa shape index (κ1) is 13.5. The quantitative estimate of drug-likeness (QED) is 0.863. The van der Waals surface area contributed by atoms with Crippen LogP contribution in [0.5, 0.6) is 0 Å². The first-order valence-corrected chi connectivity index (χ1v) is 6.56. The van der Waals surface area contributed by atoms with E-state index in [0.29, 0.717) is 26.2 Å². The third-order valence-corrected chi connectivity index (χ3v) is 3.51. The van der Waals surface area contributed by atoms with Crippen molar-refractivity contribution in [1.29, 1.82) is 0 Å². The maximum Gasteiger partial charge on any atom is 0.0987 e. The van der Waals surface area contributed by atoms with Crippen LogP contribution in [0.1, 0.15) is 25.5 Å². The van der Waals surface area contributed by atoms with Crippen LogP contribution in [0, 0.1) is 0 Å². The van der Waals surface area contributed by atoms with Crippen molar-refractivity contribution in [2.24, 2.45) is 0 Å². The molecular weight excluding hydrogens is 230 g/mol. The van der Waals surface area contributed by atoms with Crippen LogP contribution in [-0.2, 0) is 15.9 Å². The normalized spacial score (nSPS) is 20.6. The summed E-state index contributed by atoms with van der Waals surface area (Å²) in [6, 6.07) is 5.75. The number of ether oxygens (including phenoxy) is 2. The van der Waals surface area contributed by atoms with Gasteiger partial charge in [-0.25, -0.2) is 0 Å². The van der Waals surface area contributed by atoms with Gasteiger partial charge >= 0.3 is 0 Å². The van der Waals surface area contributed by atoms with Crippen molar-refractivity contribution in [2.45, 2.75) is 37.9 Å². The smallest absolute Gasteiger partial charge is 0.0987 e. The van der Waals surface area contributed by atoms with E-state index in [4.69, 9.17) is 9.47 Å². The lowest BCUT2D eigenvalue weighted by Gasteiger charge is -2.40. The zero-order chi connectivity index (χ0) is 12.8. The molecule has 4 nitrogen and oxygen atoms in total. The van der Waals surface area contributed by atoms with E-state index in [1.165, 1.54) is 0 Å². The van der Waals surface area contributed by atoms with Gasteiger partial charge in [0.05, 0.1) is 11.7 Å². The van der Waals surface area contributed by atoms with Gasteiger partial charge in [-0.15, -0.1) is 0 Å². The lowest BCUT2D eigenvalue weighted by Crippen LogP contribution is -2.50. The van der Waals surface area contributed by atoms with Gasteiger partial charge in [0.2, 0.25) is 0 Å². The Hall–Kier alpha value is -0.970. The summed E-state index contributed by atoms with van der Waals surface area (Å²) in [6.07, 6.45) is 3.24. The fraction of sp³-hybridized carbons (Fsp3) is 0.643. The van der Waals surface area contributed by atoms with E-state index in [2.05, 4.69) is 4.98 Å². The highest BCUT2D eigenvalue weighted by molar-refractivity contribution is 5.07. The van der Waals surface area contributed by atoms with Crippen molar-refractivity contribution in [2.75, 3.05) is 19.8 Å². The van der Waals surface area contributed by atoms with Gasteiger partial charge in [0.15, 0.2) is 0 Å². The van der Waals surface area contributed by atoms with E-state index in [9.17, 15) is 5.11 Å². The van der Waals surface area contributed by atoms with E-state index in [0.717, 1.165) is 18.5 Å². The summed E-state index contributed by atoms with van der Waals surface area (Å²) in [5.74, 6) is 0. The molecule has 2 rings (SSSR count). The number of hydrogen-bond acceptors (Lipinski definition) is 4. The summed E-state index contributed by atoms with van der Waals surface area (Å²) < 4.78 is 11.2. The molecule has 1 aromatic heterocycles. The number of rotatable bonds is 5. The Morgan fingerprint density at radius 1 is 1.44 bits per heavy atom. The fourth-order valence-electron chi connectivity index (χ4n) is 2.48. The molecule has 1 saturated heterocycles. The third kappa shape index (κ3) is 3.07. The Bertz CT molecular complexity index is 344. The SMILES string of the molecule is CCOC1(C(O)Cc2ccccn2)CCOCC1. The molecule has 0 spiro atoms. The Kier molecular flexibility index (Phi) is 4.69. The Labute approximate surface area is 108 Å². The molecule has 0 radical (unpaired) electrons. The van der Waals surface area contributed by atoms with Gasteiger partial charge in [0, 0.05) is 51.0 Å². The van der Waals surface area contributed by atoms with Crippen molar-refractivity contribution < 1.29 is 14.6 Å². The maximum absolute atomic E-state index is 10.5. The summed E-state index contributed by atoms with van der Waals surface area (Å²) in [7, 11) is 0. The Morgan fingerprint density at radius 2 is 2.22 bits per heavy atom. The largest absolute Gasteiger partial charge is 0.390 e. The molecule has 0 amide bonds. The monoisotopic (exact) mass is 251 g/mol. The molecule has 2 heterocycles. The molecule has 1 aliphatic rings. The van der Waals surface area contributed by atoms with Gasteiger partial charge < -0.3 is 14.6 Å². The highest BCUT2D eigenvalue weighted by Gasteiger charge is 2.40. The van der Waals surface area contributed by atoms with Crippen LogP contribution in [0.2, 0.25) is 0 Å². The van der Waals surface area contributed by atoms with E-state index >= 15 is 0 Å². The van der Waals surface area contributed by atoms with E-state index < -0.39 is 11.7 Å². The van der Waals surface area contributed by atoms with Crippen LogP contribution in [0.3, 0.4) is 0 Å². The highest BCUT2D eigenvalue weighted by Crippen LogP contribution is 2.30. The third-order valence-electron chi connectivity index (χ3n) is 3.51. The molecule has 0 bridgehead atoms. The molecule has 1 fully saturated rings. The molecular formula is C14H21NO3. The van der Waals surface area contributed by atoms with Crippen LogP contribution in [0.25, 0.3) is 0 Å². The maximum atomic E-state index is 10.5. The van der Waals surface area contributed by atoms with Crippen molar-refractivity contribution in [1.82, 2.24) is 4.98 Å². The van der Waals surface area contributed by atoms with Gasteiger partial charge in [-0.2, -0.15) is 0 Å². The summed E-state index contributed by atoms with van der Waals surface area (Å²) in [5, 5.41) is 10.5. The minimum Gasteiger partial charge on any atom is -0.390 e. The van der Waals surface area contributed by atoms with Crippen LogP contribution in [0.4, 0.5) is 0 Å². The van der Waals surface area contributed by atoms with E-state index in [1.54, 1.807) is 6.20 Å². The molecule has 100 valence electrons.